The van der Waals surface area contributed by atoms with Crippen LogP contribution in [0.5, 0.6) is 0 Å². The average molecular weight is 390 g/mol. The minimum atomic E-state index is -0.237. The predicted molar refractivity (Wildman–Crippen MR) is 114 cm³/mol. The fourth-order valence-electron chi connectivity index (χ4n) is 3.84. The number of nitrogens with zero attached hydrogens (tertiary/aromatic N) is 3. The van der Waals surface area contributed by atoms with Gasteiger partial charge >= 0.3 is 0 Å². The Kier molecular flexibility index (Phi) is 5.62. The first kappa shape index (κ1) is 19.2. The number of hydrogen-bond donors (Lipinski definition) is 1. The van der Waals surface area contributed by atoms with Gasteiger partial charge in [0.05, 0.1) is 23.6 Å². The third-order valence-corrected chi connectivity index (χ3v) is 5.42. The Bertz CT molecular complexity index is 1010. The minimum Gasteiger partial charge on any atom is -0.376 e. The number of aromatic nitrogens is 2. The molecular formula is C23H26N4O2. The van der Waals surface area contributed by atoms with Gasteiger partial charge in [-0.25, -0.2) is 5.43 Å². The summed E-state index contributed by atoms with van der Waals surface area (Å²) in [6.07, 6.45) is 8.07. The molecule has 3 aromatic rings. The highest BCUT2D eigenvalue weighted by atomic mass is 16.5. The van der Waals surface area contributed by atoms with Gasteiger partial charge in [0.2, 0.25) is 0 Å². The summed E-state index contributed by atoms with van der Waals surface area (Å²) in [7, 11) is 0. The Balaban J connectivity index is 1.46. The fourth-order valence-corrected chi connectivity index (χ4v) is 3.84. The van der Waals surface area contributed by atoms with Crippen LogP contribution in [0.2, 0.25) is 0 Å². The molecule has 0 unspecified atom stereocenters. The summed E-state index contributed by atoms with van der Waals surface area (Å²) < 4.78 is 9.94. The maximum Gasteiger partial charge on any atom is 0.273 e. The highest BCUT2D eigenvalue weighted by Gasteiger charge is 2.18. The molecule has 1 aliphatic rings. The van der Waals surface area contributed by atoms with Crippen molar-refractivity contribution < 1.29 is 9.53 Å². The first-order valence-corrected chi connectivity index (χ1v) is 9.97. The lowest BCUT2D eigenvalue weighted by molar-refractivity contribution is 0.0954. The molecule has 3 heterocycles. The van der Waals surface area contributed by atoms with Gasteiger partial charge in [0, 0.05) is 42.5 Å². The Morgan fingerprint density at radius 1 is 1.24 bits per heavy atom. The van der Waals surface area contributed by atoms with E-state index in [1.165, 1.54) is 5.69 Å². The standard InChI is InChI=1S/C23H26N4O2/c1-17-14-19(18(2)27(17)16-20-8-7-13-29-20)15-24-25-23(28)21-9-3-4-10-22(21)26-11-5-6-12-26/h3-6,9-12,14-15,20H,7-8,13,16H2,1-2H3,(H,25,28)/b24-15-/t20-/m1/s1. The van der Waals surface area contributed by atoms with Gasteiger partial charge < -0.3 is 13.9 Å². The van der Waals surface area contributed by atoms with Crippen LogP contribution in [0, 0.1) is 13.8 Å². The van der Waals surface area contributed by atoms with Gasteiger partial charge in [0.1, 0.15) is 0 Å². The van der Waals surface area contributed by atoms with Crippen molar-refractivity contribution in [3.8, 4) is 5.69 Å². The third-order valence-electron chi connectivity index (χ3n) is 5.42. The van der Waals surface area contributed by atoms with E-state index in [0.717, 1.165) is 42.9 Å². The second kappa shape index (κ2) is 8.49. The highest BCUT2D eigenvalue weighted by Crippen LogP contribution is 2.19. The van der Waals surface area contributed by atoms with Crippen LogP contribution in [-0.4, -0.2) is 34.0 Å². The van der Waals surface area contributed by atoms with Crippen molar-refractivity contribution in [2.45, 2.75) is 39.3 Å². The molecule has 1 aromatic carbocycles. The largest absolute Gasteiger partial charge is 0.376 e. The van der Waals surface area contributed by atoms with E-state index >= 15 is 0 Å². The first-order valence-electron chi connectivity index (χ1n) is 9.97. The summed E-state index contributed by atoms with van der Waals surface area (Å²) in [4.78, 5) is 12.7. The molecule has 29 heavy (non-hydrogen) atoms. The lowest BCUT2D eigenvalue weighted by Gasteiger charge is -2.14. The maximum atomic E-state index is 12.7. The molecule has 0 spiro atoms. The Morgan fingerprint density at radius 2 is 2.03 bits per heavy atom. The number of amides is 1. The van der Waals surface area contributed by atoms with E-state index in [-0.39, 0.29) is 12.0 Å². The molecule has 150 valence electrons. The van der Waals surface area contributed by atoms with Gasteiger partial charge in [-0.2, -0.15) is 5.10 Å². The molecule has 1 aliphatic heterocycles. The van der Waals surface area contributed by atoms with Crippen molar-refractivity contribution in [2.75, 3.05) is 6.61 Å². The predicted octanol–water partition coefficient (Wildman–Crippen LogP) is 3.84. The second-order valence-electron chi connectivity index (χ2n) is 7.38. The summed E-state index contributed by atoms with van der Waals surface area (Å²) in [5.41, 5.74) is 7.35. The van der Waals surface area contributed by atoms with Gasteiger partial charge in [-0.05, 0) is 57.0 Å². The van der Waals surface area contributed by atoms with Crippen LogP contribution in [0.15, 0.2) is 60.0 Å². The number of ether oxygens (including phenoxy) is 1. The second-order valence-corrected chi connectivity index (χ2v) is 7.38. The smallest absolute Gasteiger partial charge is 0.273 e. The van der Waals surface area contributed by atoms with Crippen molar-refractivity contribution in [3.05, 3.63) is 77.4 Å². The van der Waals surface area contributed by atoms with Crippen molar-refractivity contribution in [2.24, 2.45) is 5.10 Å². The number of carbonyl (C=O) groups is 1. The molecule has 1 saturated heterocycles. The summed E-state index contributed by atoms with van der Waals surface area (Å²) in [6.45, 7) is 5.88. The minimum absolute atomic E-state index is 0.237. The van der Waals surface area contributed by atoms with Crippen LogP contribution in [0.25, 0.3) is 5.69 Å². The molecule has 6 heteroatoms. The third kappa shape index (κ3) is 4.17. The summed E-state index contributed by atoms with van der Waals surface area (Å²) >= 11 is 0. The van der Waals surface area contributed by atoms with Crippen LogP contribution in [-0.2, 0) is 11.3 Å². The molecule has 1 amide bonds. The van der Waals surface area contributed by atoms with E-state index < -0.39 is 0 Å². The van der Waals surface area contributed by atoms with Crippen molar-refractivity contribution in [1.82, 2.24) is 14.6 Å². The van der Waals surface area contributed by atoms with Crippen LogP contribution in [0.3, 0.4) is 0 Å². The van der Waals surface area contributed by atoms with Gasteiger partial charge in [0.15, 0.2) is 0 Å². The molecule has 1 fully saturated rings. The first-order chi connectivity index (χ1) is 14.1. The van der Waals surface area contributed by atoms with Gasteiger partial charge in [-0.3, -0.25) is 4.79 Å². The molecular weight excluding hydrogens is 364 g/mol. The van der Waals surface area contributed by atoms with Gasteiger partial charge in [-0.15, -0.1) is 0 Å². The molecule has 0 saturated carbocycles. The number of aryl methyl sites for hydroxylation is 1. The Labute approximate surface area is 170 Å². The van der Waals surface area contributed by atoms with Crippen LogP contribution < -0.4 is 5.43 Å². The molecule has 1 atom stereocenters. The van der Waals surface area contributed by atoms with E-state index in [0.29, 0.717) is 5.56 Å². The van der Waals surface area contributed by atoms with Crippen molar-refractivity contribution >= 4 is 12.1 Å². The molecule has 4 rings (SSSR count). The van der Waals surface area contributed by atoms with E-state index in [2.05, 4.69) is 35.0 Å². The lowest BCUT2D eigenvalue weighted by atomic mass is 10.1. The maximum absolute atomic E-state index is 12.7. The van der Waals surface area contributed by atoms with E-state index in [9.17, 15) is 4.79 Å². The fraction of sp³-hybridized carbons (Fsp3) is 0.304. The number of nitrogens with one attached hydrogen (secondary N) is 1. The number of benzene rings is 1. The number of carbonyl (C=O) groups excluding carboxylic acids is 1. The highest BCUT2D eigenvalue weighted by molar-refractivity contribution is 5.98. The Morgan fingerprint density at radius 3 is 2.79 bits per heavy atom. The van der Waals surface area contributed by atoms with E-state index in [4.69, 9.17) is 4.74 Å². The average Bonchev–Trinajstić information content (AvgIpc) is 3.48. The number of rotatable bonds is 6. The van der Waals surface area contributed by atoms with Crippen molar-refractivity contribution in [3.63, 3.8) is 0 Å². The monoisotopic (exact) mass is 390 g/mol. The molecule has 2 aromatic heterocycles. The summed E-state index contributed by atoms with van der Waals surface area (Å²) in [5.74, 6) is -0.237. The molecule has 6 nitrogen and oxygen atoms in total. The van der Waals surface area contributed by atoms with Crippen LogP contribution >= 0.6 is 0 Å². The number of hydrogen-bond acceptors (Lipinski definition) is 3. The van der Waals surface area contributed by atoms with Crippen molar-refractivity contribution in [1.29, 1.82) is 0 Å². The van der Waals surface area contributed by atoms with Crippen LogP contribution in [0.1, 0.15) is 40.2 Å². The zero-order chi connectivity index (χ0) is 20.2. The zero-order valence-corrected chi connectivity index (χ0v) is 16.8. The SMILES string of the molecule is Cc1cc(/C=N\NC(=O)c2ccccc2-n2cccc2)c(C)n1C[C@H]1CCCO1. The Hall–Kier alpha value is -3.12. The van der Waals surface area contributed by atoms with E-state index in [1.807, 2.05) is 47.3 Å². The summed E-state index contributed by atoms with van der Waals surface area (Å²) in [6, 6.07) is 13.4. The summed E-state index contributed by atoms with van der Waals surface area (Å²) in [5, 5.41) is 4.21. The van der Waals surface area contributed by atoms with Crippen LogP contribution in [0.4, 0.5) is 0 Å². The molecule has 0 bridgehead atoms. The zero-order valence-electron chi connectivity index (χ0n) is 16.8. The van der Waals surface area contributed by atoms with Gasteiger partial charge in [0.25, 0.3) is 5.91 Å². The quantitative estimate of drug-likeness (QED) is 0.514. The van der Waals surface area contributed by atoms with Gasteiger partial charge in [-0.1, -0.05) is 12.1 Å². The molecule has 1 N–H and O–H groups in total. The molecule has 0 aliphatic carbocycles. The number of para-hydroxylation sites is 1. The normalized spacial score (nSPS) is 16.6. The lowest BCUT2D eigenvalue weighted by Crippen LogP contribution is -2.19. The van der Waals surface area contributed by atoms with E-state index in [1.54, 1.807) is 12.3 Å². The topological polar surface area (TPSA) is 60.5 Å². The number of hydrazone groups is 1. The molecule has 0 radical (unpaired) electrons.